The van der Waals surface area contributed by atoms with Gasteiger partial charge in [-0.2, -0.15) is 10.2 Å². The van der Waals surface area contributed by atoms with Gasteiger partial charge >= 0.3 is 5.69 Å². The van der Waals surface area contributed by atoms with Gasteiger partial charge in [0.05, 0.1) is 17.0 Å². The van der Waals surface area contributed by atoms with Crippen LogP contribution in [0.15, 0.2) is 29.2 Å². The van der Waals surface area contributed by atoms with Gasteiger partial charge in [-0.15, -0.1) is 0 Å². The molecule has 0 amide bonds. The molecule has 0 atom stereocenters. The molecule has 1 aliphatic heterocycles. The normalized spacial score (nSPS) is 13.7. The van der Waals surface area contributed by atoms with Crippen LogP contribution in [-0.4, -0.2) is 44.6 Å². The predicted molar refractivity (Wildman–Crippen MR) is 135 cm³/mol. The predicted octanol–water partition coefficient (Wildman–Crippen LogP) is 0.522. The Hall–Kier alpha value is -3.59. The van der Waals surface area contributed by atoms with Crippen LogP contribution in [0.1, 0.15) is 31.5 Å². The smallest absolute Gasteiger partial charge is 0.325 e. The monoisotopic (exact) mass is 455 g/mol. The highest BCUT2D eigenvalue weighted by molar-refractivity contribution is 6.56. The Bertz CT molecular complexity index is 1480. The molecule has 0 saturated heterocycles. The van der Waals surface area contributed by atoms with Gasteiger partial charge in [-0.1, -0.05) is 5.92 Å². The molecule has 0 saturated carbocycles. The first-order valence-electron chi connectivity index (χ1n) is 11.1. The third kappa shape index (κ3) is 4.07. The summed E-state index contributed by atoms with van der Waals surface area (Å²) in [6.45, 7) is 3.91. The van der Waals surface area contributed by atoms with E-state index in [9.17, 15) is 14.4 Å². The summed E-state index contributed by atoms with van der Waals surface area (Å²) in [4.78, 5) is 23.5. The van der Waals surface area contributed by atoms with Crippen LogP contribution in [0, 0.1) is 40.2 Å². The summed E-state index contributed by atoms with van der Waals surface area (Å²) in [5.41, 5.74) is 0.919. The van der Waals surface area contributed by atoms with E-state index in [-0.39, 0.29) is 16.7 Å². The van der Waals surface area contributed by atoms with Crippen LogP contribution in [0.5, 0.6) is 0 Å². The lowest BCUT2D eigenvalue weighted by Gasteiger charge is -2.33. The summed E-state index contributed by atoms with van der Waals surface area (Å²) in [7, 11) is 5.43. The summed E-state index contributed by atoms with van der Waals surface area (Å²) in [5, 5.41) is 8.54. The number of halogens is 2. The van der Waals surface area contributed by atoms with Gasteiger partial charge in [0.1, 0.15) is 34.6 Å². The quantitative estimate of drug-likeness (QED) is 0.417. The van der Waals surface area contributed by atoms with E-state index in [4.69, 9.17) is 0 Å². The van der Waals surface area contributed by atoms with Gasteiger partial charge in [-0.3, -0.25) is 0 Å². The first-order valence-corrected chi connectivity index (χ1v) is 11.1. The van der Waals surface area contributed by atoms with Crippen molar-refractivity contribution in [2.75, 3.05) is 11.4 Å². The summed E-state index contributed by atoms with van der Waals surface area (Å²) < 4.78 is 31.0. The second-order valence-electron chi connectivity index (χ2n) is 9.88. The number of hydrogen-bond donors (Lipinski definition) is 0. The third-order valence-electron chi connectivity index (χ3n) is 5.76. The molecule has 3 aromatic rings. The van der Waals surface area contributed by atoms with E-state index in [1.165, 1.54) is 10.6 Å². The van der Waals surface area contributed by atoms with Crippen molar-refractivity contribution in [1.29, 1.82) is 5.26 Å². The zero-order chi connectivity index (χ0) is 24.8. The molecule has 0 N–H and O–H groups in total. The second kappa shape index (κ2) is 8.32. The summed E-state index contributed by atoms with van der Waals surface area (Å²) in [6.07, 6.45) is 2.93. The highest BCUT2D eigenvalue weighted by Gasteiger charge is 2.29. The molecule has 3 heterocycles. The Kier molecular flexibility index (Phi) is 5.77. The van der Waals surface area contributed by atoms with Gasteiger partial charge in [-0.05, 0) is 56.0 Å². The maximum absolute atomic E-state index is 15.2. The Balaban J connectivity index is 1.99. The van der Waals surface area contributed by atoms with E-state index in [0.717, 1.165) is 11.6 Å². The molecule has 0 unspecified atom stereocenters. The van der Waals surface area contributed by atoms with Gasteiger partial charge in [0.25, 0.3) is 0 Å². The first kappa shape index (κ1) is 23.6. The minimum Gasteiger partial charge on any atom is -0.325 e. The summed E-state index contributed by atoms with van der Waals surface area (Å²) in [6, 6.07) is 6.35. The summed E-state index contributed by atoms with van der Waals surface area (Å²) in [5.74, 6) is 3.96. The number of rotatable bonds is 2. The fraction of sp³-hybridized carbons (Fsp3) is 0.304. The molecule has 0 spiro atoms. The molecule has 6 nitrogen and oxygen atoms in total. The minimum atomic E-state index is -1.05. The fourth-order valence-electron chi connectivity index (χ4n) is 4.17. The number of hydrogen-bond acceptors (Lipinski definition) is 5. The number of benzene rings is 1. The molecule has 1 aromatic carbocycles. The molecule has 2 aromatic heterocycles. The topological polar surface area (TPSA) is 74.8 Å². The van der Waals surface area contributed by atoms with Crippen LogP contribution in [0.25, 0.3) is 10.9 Å². The molecule has 0 aliphatic carbocycles. The SMILES string of the molecule is BC(B)(B)n1c(=O)nc(N2CCCc3c2ccnc3C#CC(C)(C)C#N)c2c(F)c(F)ccc21. The summed E-state index contributed by atoms with van der Waals surface area (Å²) >= 11 is 0. The van der Waals surface area contributed by atoms with Crippen molar-refractivity contribution in [2.24, 2.45) is 5.41 Å². The van der Waals surface area contributed by atoms with Crippen LogP contribution >= 0.6 is 0 Å². The number of nitrogens with zero attached hydrogens (tertiary/aromatic N) is 5. The number of aromatic nitrogens is 3. The van der Waals surface area contributed by atoms with E-state index < -0.39 is 28.0 Å². The van der Waals surface area contributed by atoms with Crippen LogP contribution < -0.4 is 10.6 Å². The molecule has 0 radical (unpaired) electrons. The molecule has 11 heteroatoms. The lowest BCUT2D eigenvalue weighted by Crippen LogP contribution is -2.44. The minimum absolute atomic E-state index is 0.0440. The van der Waals surface area contributed by atoms with Crippen molar-refractivity contribution in [1.82, 2.24) is 14.5 Å². The van der Waals surface area contributed by atoms with Crippen LogP contribution in [-0.2, 0) is 11.7 Å². The van der Waals surface area contributed by atoms with Gasteiger partial charge < -0.3 is 9.47 Å². The maximum atomic E-state index is 15.2. The molecule has 168 valence electrons. The standard InChI is InChI=1S/C23H22B3F2N5O/c1-22(2,12-29)9-7-15-13-4-3-11-32(16(13)8-10-30-15)20-18-17(6-5-14(27)19(18)28)33(21(34)31-20)23(24,25)26/h5-6,8,10H,3-4,11,24-26H2,1-2H3. The molecule has 1 aliphatic rings. The molecular formula is C23H22B3F2N5O. The Labute approximate surface area is 199 Å². The van der Waals surface area contributed by atoms with Crippen molar-refractivity contribution >= 4 is 45.9 Å². The average molecular weight is 455 g/mol. The highest BCUT2D eigenvalue weighted by atomic mass is 19.2. The number of nitriles is 1. The van der Waals surface area contributed by atoms with Gasteiger partial charge in [-0.25, -0.2) is 18.6 Å². The van der Waals surface area contributed by atoms with Gasteiger partial charge in [0.15, 0.2) is 17.5 Å². The van der Waals surface area contributed by atoms with E-state index in [0.29, 0.717) is 30.8 Å². The largest absolute Gasteiger partial charge is 0.348 e. The first-order chi connectivity index (χ1) is 15.9. The van der Waals surface area contributed by atoms with E-state index in [1.807, 2.05) is 23.5 Å². The van der Waals surface area contributed by atoms with Crippen molar-refractivity contribution in [2.45, 2.75) is 31.9 Å². The second-order valence-corrected chi connectivity index (χ2v) is 9.88. The van der Waals surface area contributed by atoms with E-state index >= 15 is 4.39 Å². The van der Waals surface area contributed by atoms with Crippen LogP contribution in [0.4, 0.5) is 20.3 Å². The Morgan fingerprint density at radius 2 is 1.91 bits per heavy atom. The van der Waals surface area contributed by atoms with Gasteiger partial charge in [0.2, 0.25) is 0 Å². The van der Waals surface area contributed by atoms with Crippen LogP contribution in [0.3, 0.4) is 0 Å². The van der Waals surface area contributed by atoms with Crippen LogP contribution in [0.2, 0.25) is 0 Å². The highest BCUT2D eigenvalue weighted by Crippen LogP contribution is 2.38. The van der Waals surface area contributed by atoms with E-state index in [1.54, 1.807) is 31.0 Å². The maximum Gasteiger partial charge on any atom is 0.348 e. The molecule has 0 bridgehead atoms. The lowest BCUT2D eigenvalue weighted by atomic mass is 9.49. The molecule has 34 heavy (non-hydrogen) atoms. The molecular weight excluding hydrogens is 433 g/mol. The van der Waals surface area contributed by atoms with Crippen molar-refractivity contribution in [3.8, 4) is 17.9 Å². The van der Waals surface area contributed by atoms with Gasteiger partial charge in [0, 0.05) is 24.0 Å². The van der Waals surface area contributed by atoms with E-state index in [2.05, 4.69) is 27.9 Å². The lowest BCUT2D eigenvalue weighted by molar-refractivity contribution is 0.515. The zero-order valence-corrected chi connectivity index (χ0v) is 19.8. The van der Waals surface area contributed by atoms with Crippen molar-refractivity contribution < 1.29 is 8.78 Å². The number of anilines is 2. The Morgan fingerprint density at radius 1 is 1.18 bits per heavy atom. The molecule has 4 rings (SSSR count). The van der Waals surface area contributed by atoms with Crippen molar-refractivity contribution in [3.63, 3.8) is 0 Å². The average Bonchev–Trinajstić information content (AvgIpc) is 2.78. The molecule has 0 fully saturated rings. The third-order valence-corrected chi connectivity index (χ3v) is 5.76. The number of pyridine rings is 1. The Morgan fingerprint density at radius 3 is 2.59 bits per heavy atom. The fourth-order valence-corrected chi connectivity index (χ4v) is 4.17. The van der Waals surface area contributed by atoms with Crippen molar-refractivity contribution in [3.05, 3.63) is 57.8 Å². The zero-order valence-electron chi connectivity index (χ0n) is 19.8. The number of fused-ring (bicyclic) bond motifs is 2.